The standard InChI is InChI=1S/C18H28N4O3S/c1-14(12-15-4-5-16(23-2)17(13-15)24-3)20-21-18(26)19-6-7-22-8-10-25-11-9-22/h4-5,13H,6-12H2,1-3H3,(H2,19,21,26)/b20-14-. The maximum absolute atomic E-state index is 5.34. The van der Waals surface area contributed by atoms with Crippen LogP contribution >= 0.6 is 12.2 Å². The number of hydrogen-bond donors (Lipinski definition) is 2. The lowest BCUT2D eigenvalue weighted by atomic mass is 10.1. The number of hydrazone groups is 1. The molecule has 0 unspecified atom stereocenters. The summed E-state index contributed by atoms with van der Waals surface area (Å²) in [5, 5.41) is 8.05. The van der Waals surface area contributed by atoms with Gasteiger partial charge in [-0.25, -0.2) is 0 Å². The molecule has 7 nitrogen and oxygen atoms in total. The molecule has 0 bridgehead atoms. The van der Waals surface area contributed by atoms with Crippen LogP contribution in [0.4, 0.5) is 0 Å². The van der Waals surface area contributed by atoms with Gasteiger partial charge in [0.25, 0.3) is 0 Å². The van der Waals surface area contributed by atoms with Crippen LogP contribution in [-0.2, 0) is 11.2 Å². The number of ether oxygens (including phenoxy) is 3. The van der Waals surface area contributed by atoms with Crippen molar-refractivity contribution < 1.29 is 14.2 Å². The highest BCUT2D eigenvalue weighted by molar-refractivity contribution is 7.80. The van der Waals surface area contributed by atoms with Crippen LogP contribution in [0.25, 0.3) is 0 Å². The van der Waals surface area contributed by atoms with Gasteiger partial charge in [0.05, 0.1) is 27.4 Å². The van der Waals surface area contributed by atoms with Gasteiger partial charge >= 0.3 is 0 Å². The molecule has 2 rings (SSSR count). The first-order chi connectivity index (χ1) is 12.6. The zero-order chi connectivity index (χ0) is 18.8. The topological polar surface area (TPSA) is 67.4 Å². The van der Waals surface area contributed by atoms with Gasteiger partial charge < -0.3 is 19.5 Å². The zero-order valence-corrected chi connectivity index (χ0v) is 16.5. The van der Waals surface area contributed by atoms with Crippen LogP contribution < -0.4 is 20.2 Å². The Hall–Kier alpha value is -1.90. The molecule has 0 amide bonds. The maximum atomic E-state index is 5.34. The second-order valence-corrected chi connectivity index (χ2v) is 6.44. The number of morpholine rings is 1. The SMILES string of the molecule is COc1ccc(C/C(C)=N\NC(=S)NCCN2CCOCC2)cc1OC. The smallest absolute Gasteiger partial charge is 0.186 e. The van der Waals surface area contributed by atoms with E-state index in [2.05, 4.69) is 20.7 Å². The van der Waals surface area contributed by atoms with E-state index < -0.39 is 0 Å². The predicted molar refractivity (Wildman–Crippen MR) is 107 cm³/mol. The van der Waals surface area contributed by atoms with Crippen LogP contribution in [0.1, 0.15) is 12.5 Å². The number of nitrogens with zero attached hydrogens (tertiary/aromatic N) is 2. The van der Waals surface area contributed by atoms with Crippen LogP contribution in [0.15, 0.2) is 23.3 Å². The molecule has 144 valence electrons. The molecule has 8 heteroatoms. The molecular formula is C18H28N4O3S. The fourth-order valence-corrected chi connectivity index (χ4v) is 2.81. The van der Waals surface area contributed by atoms with Gasteiger partial charge in [-0.05, 0) is 36.8 Å². The molecule has 2 N–H and O–H groups in total. The first kappa shape index (κ1) is 20.4. The third kappa shape index (κ3) is 6.78. The normalized spacial score (nSPS) is 15.4. The van der Waals surface area contributed by atoms with Gasteiger partial charge in [0.1, 0.15) is 0 Å². The van der Waals surface area contributed by atoms with E-state index in [1.165, 1.54) is 0 Å². The van der Waals surface area contributed by atoms with Gasteiger partial charge in [0.2, 0.25) is 0 Å². The summed E-state index contributed by atoms with van der Waals surface area (Å²) in [6.45, 7) is 7.26. The molecule has 1 aliphatic rings. The number of benzene rings is 1. The fraction of sp³-hybridized carbons (Fsp3) is 0.556. The van der Waals surface area contributed by atoms with Crippen LogP contribution in [0.3, 0.4) is 0 Å². The lowest BCUT2D eigenvalue weighted by molar-refractivity contribution is 0.0389. The highest BCUT2D eigenvalue weighted by atomic mass is 32.1. The zero-order valence-electron chi connectivity index (χ0n) is 15.7. The third-order valence-corrected chi connectivity index (χ3v) is 4.31. The van der Waals surface area contributed by atoms with Crippen LogP contribution in [0.2, 0.25) is 0 Å². The predicted octanol–water partition coefficient (Wildman–Crippen LogP) is 1.42. The molecule has 0 atom stereocenters. The maximum Gasteiger partial charge on any atom is 0.186 e. The van der Waals surface area contributed by atoms with E-state index in [0.29, 0.717) is 17.3 Å². The Labute approximate surface area is 160 Å². The van der Waals surface area contributed by atoms with Gasteiger partial charge in [-0.15, -0.1) is 0 Å². The van der Waals surface area contributed by atoms with Gasteiger partial charge in [-0.1, -0.05) is 6.07 Å². The summed E-state index contributed by atoms with van der Waals surface area (Å²) in [5.74, 6) is 1.43. The molecule has 0 spiro atoms. The number of thiocarbonyl (C=S) groups is 1. The highest BCUT2D eigenvalue weighted by Crippen LogP contribution is 2.27. The van der Waals surface area contributed by atoms with Crippen molar-refractivity contribution in [2.24, 2.45) is 5.10 Å². The molecule has 1 aromatic rings. The van der Waals surface area contributed by atoms with E-state index >= 15 is 0 Å². The minimum atomic E-state index is 0.532. The Balaban J connectivity index is 1.73. The quantitative estimate of drug-likeness (QED) is 0.402. The summed E-state index contributed by atoms with van der Waals surface area (Å²) in [6, 6.07) is 5.85. The number of methoxy groups -OCH3 is 2. The molecule has 1 aliphatic heterocycles. The monoisotopic (exact) mass is 380 g/mol. The first-order valence-corrected chi connectivity index (χ1v) is 9.11. The molecule has 1 heterocycles. The van der Waals surface area contributed by atoms with E-state index in [-0.39, 0.29) is 0 Å². The summed E-state index contributed by atoms with van der Waals surface area (Å²) >= 11 is 5.27. The number of rotatable bonds is 8. The van der Waals surface area contributed by atoms with Gasteiger partial charge in [0, 0.05) is 38.3 Å². The van der Waals surface area contributed by atoms with Crippen LogP contribution in [-0.4, -0.2) is 69.3 Å². The molecule has 1 aromatic carbocycles. The molecule has 0 saturated carbocycles. The highest BCUT2D eigenvalue weighted by Gasteiger charge is 2.09. The van der Waals surface area contributed by atoms with E-state index in [1.807, 2.05) is 25.1 Å². The Morgan fingerprint density at radius 3 is 2.65 bits per heavy atom. The first-order valence-electron chi connectivity index (χ1n) is 8.70. The lowest BCUT2D eigenvalue weighted by Gasteiger charge is -2.26. The van der Waals surface area contributed by atoms with Gasteiger partial charge in [-0.2, -0.15) is 5.10 Å². The molecule has 1 fully saturated rings. The molecule has 0 aromatic heterocycles. The van der Waals surface area contributed by atoms with E-state index in [0.717, 1.165) is 56.4 Å². The molecular weight excluding hydrogens is 352 g/mol. The van der Waals surface area contributed by atoms with Crippen molar-refractivity contribution in [1.29, 1.82) is 0 Å². The molecule has 26 heavy (non-hydrogen) atoms. The van der Waals surface area contributed by atoms with Gasteiger partial charge in [0.15, 0.2) is 16.6 Å². The lowest BCUT2D eigenvalue weighted by Crippen LogP contribution is -2.42. The van der Waals surface area contributed by atoms with Crippen LogP contribution in [0.5, 0.6) is 11.5 Å². The fourth-order valence-electron chi connectivity index (χ4n) is 2.66. The molecule has 0 radical (unpaired) electrons. The summed E-state index contributed by atoms with van der Waals surface area (Å²) in [6.07, 6.45) is 0.698. The summed E-state index contributed by atoms with van der Waals surface area (Å²) < 4.78 is 15.9. The molecule has 0 aliphatic carbocycles. The van der Waals surface area contributed by atoms with Crippen LogP contribution in [0, 0.1) is 0 Å². The largest absolute Gasteiger partial charge is 0.493 e. The average molecular weight is 381 g/mol. The number of hydrogen-bond acceptors (Lipinski definition) is 6. The van der Waals surface area contributed by atoms with E-state index in [4.69, 9.17) is 26.4 Å². The van der Waals surface area contributed by atoms with Gasteiger partial charge in [-0.3, -0.25) is 10.3 Å². The minimum absolute atomic E-state index is 0.532. The van der Waals surface area contributed by atoms with Crippen molar-refractivity contribution in [3.8, 4) is 11.5 Å². The Morgan fingerprint density at radius 1 is 1.23 bits per heavy atom. The summed E-state index contributed by atoms with van der Waals surface area (Å²) in [7, 11) is 3.26. The Bertz CT molecular complexity index is 618. The summed E-state index contributed by atoms with van der Waals surface area (Å²) in [5.41, 5.74) is 4.92. The second-order valence-electron chi connectivity index (χ2n) is 6.03. The van der Waals surface area contributed by atoms with Crippen molar-refractivity contribution in [1.82, 2.24) is 15.6 Å². The number of nitrogens with one attached hydrogen (secondary N) is 2. The Kier molecular flexibility index (Phi) is 8.60. The van der Waals surface area contributed by atoms with Crippen molar-refractivity contribution in [2.75, 3.05) is 53.6 Å². The second kappa shape index (κ2) is 10.9. The van der Waals surface area contributed by atoms with E-state index in [9.17, 15) is 0 Å². The van der Waals surface area contributed by atoms with Crippen molar-refractivity contribution in [3.05, 3.63) is 23.8 Å². The Morgan fingerprint density at radius 2 is 1.96 bits per heavy atom. The minimum Gasteiger partial charge on any atom is -0.493 e. The van der Waals surface area contributed by atoms with E-state index in [1.54, 1.807) is 14.2 Å². The molecule has 1 saturated heterocycles. The van der Waals surface area contributed by atoms with Crippen molar-refractivity contribution in [2.45, 2.75) is 13.3 Å². The average Bonchev–Trinajstić information content (AvgIpc) is 2.67. The summed E-state index contributed by atoms with van der Waals surface area (Å²) in [4.78, 5) is 2.35. The van der Waals surface area contributed by atoms with Crippen molar-refractivity contribution >= 4 is 23.0 Å². The van der Waals surface area contributed by atoms with Crippen molar-refractivity contribution in [3.63, 3.8) is 0 Å². The third-order valence-electron chi connectivity index (χ3n) is 4.07.